The van der Waals surface area contributed by atoms with Crippen LogP contribution in [0.2, 0.25) is 0 Å². The first-order chi connectivity index (χ1) is 0. The van der Waals surface area contributed by atoms with Crippen LogP contribution in [-0.2, 0) is 47.9 Å². The fraction of sp³-hybridized carbons (Fsp3) is 1.00. The topological polar surface area (TPSA) is 0 Å². The van der Waals surface area contributed by atoms with Gasteiger partial charge in [-0.1, -0.05) is 7.43 Å². The summed E-state index contributed by atoms with van der Waals surface area (Å²) in [5.41, 5.74) is 0. The predicted octanol–water partition coefficient (Wildman–Crippen LogP) is -0.821. The Morgan fingerprint density at radius 2 is 1.00 bits per heavy atom. The Morgan fingerprint density at radius 3 is 1.00 bits per heavy atom. The molecule has 0 amide bonds. The van der Waals surface area contributed by atoms with Gasteiger partial charge >= 0.3 is 0 Å². The molecule has 3 heteroatoms. The second-order valence-electron chi connectivity index (χ2n) is 0. The zero-order valence-corrected chi connectivity index (χ0v) is 5.02. The van der Waals surface area contributed by atoms with Crippen LogP contribution in [0.4, 0.5) is 0 Å². The summed E-state index contributed by atoms with van der Waals surface area (Å²) in [6.45, 7) is 0. The summed E-state index contributed by atoms with van der Waals surface area (Å²) < 4.78 is 0. The second kappa shape index (κ2) is 21.3. The zero-order chi connectivity index (χ0) is 0. The van der Waals surface area contributed by atoms with Gasteiger partial charge in [-0.15, -0.1) is 0 Å². The zero-order valence-electron chi connectivity index (χ0n) is 1.00. The average Bonchev–Trinajstić information content (AvgIpc) is 0. The second-order valence-corrected chi connectivity index (χ2v) is 0. The molecule has 0 N–H and O–H groups in total. The third-order valence-electron chi connectivity index (χ3n) is 0. The van der Waals surface area contributed by atoms with Crippen molar-refractivity contribution in [1.29, 1.82) is 0 Å². The number of hydrogen-bond acceptors (Lipinski definition) is 0. The summed E-state index contributed by atoms with van der Waals surface area (Å²) in [7, 11) is 0. The Morgan fingerprint density at radius 1 is 1.00 bits per heavy atom. The largest absolute Gasteiger partial charge is 0.0776 e. The fourth-order valence-corrected chi connectivity index (χ4v) is 0. The fourth-order valence-electron chi connectivity index (χ4n) is 0. The van der Waals surface area contributed by atoms with Crippen molar-refractivity contribution in [2.75, 3.05) is 0 Å². The van der Waals surface area contributed by atoms with Crippen LogP contribution < -0.4 is 0 Å². The van der Waals surface area contributed by atoms with Crippen molar-refractivity contribution in [3.8, 4) is 0 Å². The first-order valence-electron chi connectivity index (χ1n) is 0. The van der Waals surface area contributed by atoms with Gasteiger partial charge in [0.1, 0.15) is 0 Å². The van der Waals surface area contributed by atoms with E-state index in [1.54, 1.807) is 0 Å². The molecule has 0 saturated carbocycles. The quantitative estimate of drug-likeness (QED) is 0.435. The summed E-state index contributed by atoms with van der Waals surface area (Å²) in [6, 6.07) is 0. The van der Waals surface area contributed by atoms with Crippen LogP contribution in [0.5, 0.6) is 0 Å². The molecule has 0 aromatic rings. The molecule has 0 aliphatic carbocycles. The molecular formula is CH8SiTiZr. The number of hydrogen-bond donors (Lipinski definition) is 0. The molecule has 0 nitrogen and oxygen atoms in total. The van der Waals surface area contributed by atoms with Crippen LogP contribution in [0.15, 0.2) is 0 Å². The van der Waals surface area contributed by atoms with Gasteiger partial charge in [-0.2, -0.15) is 0 Å². The molecule has 0 aliphatic rings. The molecule has 0 atom stereocenters. The molecule has 0 aliphatic heterocycles. The minimum atomic E-state index is 0. The van der Waals surface area contributed by atoms with Gasteiger partial charge in [-0.05, 0) is 11.0 Å². The monoisotopic (exact) mass is 186 g/mol. The van der Waals surface area contributed by atoms with Crippen LogP contribution in [0.3, 0.4) is 0 Å². The summed E-state index contributed by atoms with van der Waals surface area (Å²) in [5, 5.41) is 0. The molecule has 0 rings (SSSR count). The Bertz CT molecular complexity index is 8.00. The van der Waals surface area contributed by atoms with Crippen molar-refractivity contribution >= 4 is 11.0 Å². The first-order valence-corrected chi connectivity index (χ1v) is 0. The maximum absolute atomic E-state index is 0. The third kappa shape index (κ3) is 9.18. The van der Waals surface area contributed by atoms with Gasteiger partial charge < -0.3 is 0 Å². The van der Waals surface area contributed by atoms with Crippen molar-refractivity contribution in [1.82, 2.24) is 0 Å². The molecule has 0 aromatic heterocycles. The van der Waals surface area contributed by atoms with Gasteiger partial charge in [0.25, 0.3) is 0 Å². The summed E-state index contributed by atoms with van der Waals surface area (Å²) in [6.07, 6.45) is 0. The molecule has 0 heterocycles. The van der Waals surface area contributed by atoms with Gasteiger partial charge in [0, 0.05) is 47.9 Å². The first kappa shape index (κ1) is 40.9. The van der Waals surface area contributed by atoms with Crippen molar-refractivity contribution < 1.29 is 47.9 Å². The maximum Gasteiger partial charge on any atom is 0 e. The third-order valence-corrected chi connectivity index (χ3v) is 0. The van der Waals surface area contributed by atoms with E-state index in [9.17, 15) is 0 Å². The average molecular weight is 187 g/mol. The molecule has 0 fully saturated rings. The van der Waals surface area contributed by atoms with Crippen molar-refractivity contribution in [2.24, 2.45) is 0 Å². The molecule has 0 saturated heterocycles. The maximum atomic E-state index is 0. The van der Waals surface area contributed by atoms with Gasteiger partial charge in [-0.3, -0.25) is 0 Å². The molecule has 24 valence electrons. The molecule has 0 radical (unpaired) electrons. The summed E-state index contributed by atoms with van der Waals surface area (Å²) >= 11 is 0. The Kier molecular flexibility index (Phi) is 218. The summed E-state index contributed by atoms with van der Waals surface area (Å²) in [4.78, 5) is 0. The molecule has 0 aromatic carbocycles. The van der Waals surface area contributed by atoms with Crippen LogP contribution in [0.1, 0.15) is 7.43 Å². The van der Waals surface area contributed by atoms with E-state index in [4.69, 9.17) is 0 Å². The molecule has 0 unspecified atom stereocenters. The number of rotatable bonds is 0. The molecule has 0 bridgehead atoms. The van der Waals surface area contributed by atoms with Gasteiger partial charge in [-0.25, -0.2) is 0 Å². The van der Waals surface area contributed by atoms with Crippen molar-refractivity contribution in [2.45, 2.75) is 7.43 Å². The van der Waals surface area contributed by atoms with E-state index >= 15 is 0 Å². The van der Waals surface area contributed by atoms with E-state index in [0.29, 0.717) is 0 Å². The SMILES string of the molecule is C.[SiH4].[Ti].[Zr]. The minimum Gasteiger partial charge on any atom is -0.0776 e. The Hall–Kier alpha value is 1.81. The van der Waals surface area contributed by atoms with E-state index < -0.39 is 0 Å². The van der Waals surface area contributed by atoms with E-state index in [0.717, 1.165) is 0 Å². The molecule has 4 heavy (non-hydrogen) atoms. The molecule has 0 spiro atoms. The smallest absolute Gasteiger partial charge is 0 e. The van der Waals surface area contributed by atoms with E-state index in [1.165, 1.54) is 0 Å². The van der Waals surface area contributed by atoms with Crippen LogP contribution in [0, 0.1) is 0 Å². The van der Waals surface area contributed by atoms with Gasteiger partial charge in [0.05, 0.1) is 0 Å². The van der Waals surface area contributed by atoms with E-state index in [2.05, 4.69) is 0 Å². The van der Waals surface area contributed by atoms with Crippen LogP contribution >= 0.6 is 0 Å². The van der Waals surface area contributed by atoms with Crippen LogP contribution in [-0.4, -0.2) is 11.0 Å². The molecular weight excluding hydrogens is 179 g/mol. The van der Waals surface area contributed by atoms with Crippen LogP contribution in [0.25, 0.3) is 0 Å². The normalized spacial score (nSPS) is 0. The summed E-state index contributed by atoms with van der Waals surface area (Å²) in [5.74, 6) is 0. The van der Waals surface area contributed by atoms with Crippen molar-refractivity contribution in [3.05, 3.63) is 0 Å². The van der Waals surface area contributed by atoms with Crippen molar-refractivity contribution in [3.63, 3.8) is 0 Å². The van der Waals surface area contributed by atoms with Gasteiger partial charge in [0.2, 0.25) is 0 Å². The van der Waals surface area contributed by atoms with E-state index in [1.807, 2.05) is 0 Å². The van der Waals surface area contributed by atoms with E-state index in [-0.39, 0.29) is 66.3 Å². The minimum absolute atomic E-state index is 0. The predicted molar refractivity (Wildman–Crippen MR) is 18.1 cm³/mol. The van der Waals surface area contributed by atoms with Gasteiger partial charge in [0.15, 0.2) is 0 Å². The standard InChI is InChI=1S/CH4.H4Si.Ti.Zr/h2*1H4;;. The Labute approximate surface area is 65.8 Å². The Balaban J connectivity index is 0.